The Morgan fingerprint density at radius 1 is 1.06 bits per heavy atom. The van der Waals surface area contributed by atoms with Crippen LogP contribution in [0.15, 0.2) is 36.5 Å². The number of benzene rings is 1. The molecule has 1 atom stereocenters. The van der Waals surface area contributed by atoms with Gasteiger partial charge in [-0.3, -0.25) is 19.4 Å². The van der Waals surface area contributed by atoms with E-state index in [1.165, 1.54) is 12.8 Å². The van der Waals surface area contributed by atoms with Crippen LogP contribution in [0.1, 0.15) is 67.3 Å². The molecule has 36 heavy (non-hydrogen) atoms. The lowest BCUT2D eigenvalue weighted by atomic mass is 9.62. The number of carbonyl (C=O) groups is 2. The van der Waals surface area contributed by atoms with E-state index in [-0.39, 0.29) is 17.7 Å². The van der Waals surface area contributed by atoms with Crippen LogP contribution in [0.5, 0.6) is 0 Å². The van der Waals surface area contributed by atoms with E-state index >= 15 is 0 Å². The summed E-state index contributed by atoms with van der Waals surface area (Å²) < 4.78 is 1.67. The van der Waals surface area contributed by atoms with E-state index in [0.29, 0.717) is 24.1 Å². The summed E-state index contributed by atoms with van der Waals surface area (Å²) in [5.41, 5.74) is 5.31. The quantitative estimate of drug-likeness (QED) is 0.400. The van der Waals surface area contributed by atoms with Gasteiger partial charge in [-0.05, 0) is 62.3 Å². The van der Waals surface area contributed by atoms with Gasteiger partial charge in [0.1, 0.15) is 11.7 Å². The lowest BCUT2D eigenvalue weighted by Gasteiger charge is -2.46. The second-order valence-corrected chi connectivity index (χ2v) is 10.3. The van der Waals surface area contributed by atoms with E-state index in [1.54, 1.807) is 16.9 Å². The normalized spacial score (nSPS) is 16.9. The number of hydrogen-bond acceptors (Lipinski definition) is 4. The smallest absolute Gasteiger partial charge is 0.270 e. The summed E-state index contributed by atoms with van der Waals surface area (Å²) in [4.78, 5) is 27.1. The van der Waals surface area contributed by atoms with Crippen LogP contribution in [0.25, 0.3) is 11.1 Å². The largest absolute Gasteiger partial charge is 0.339 e. The van der Waals surface area contributed by atoms with E-state index in [0.717, 1.165) is 53.9 Å². The maximum atomic E-state index is 13.8. The number of aromatic amines is 1. The van der Waals surface area contributed by atoms with Gasteiger partial charge in [0.05, 0.1) is 5.69 Å². The molecule has 5 rings (SSSR count). The Balaban J connectivity index is 1.38. The number of aromatic nitrogens is 4. The monoisotopic (exact) mass is 488 g/mol. The molecular formula is C28H36N6O2. The highest BCUT2D eigenvalue weighted by Crippen LogP contribution is 2.46. The Kier molecular flexibility index (Phi) is 6.94. The van der Waals surface area contributed by atoms with E-state index in [4.69, 9.17) is 0 Å². The molecule has 3 aromatic rings. The van der Waals surface area contributed by atoms with Crippen molar-refractivity contribution in [2.24, 2.45) is 17.8 Å². The molecular weight excluding hydrogens is 452 g/mol. The molecule has 8 nitrogen and oxygen atoms in total. The van der Waals surface area contributed by atoms with Gasteiger partial charge in [0, 0.05) is 29.7 Å². The van der Waals surface area contributed by atoms with Crippen molar-refractivity contribution in [3.8, 4) is 11.1 Å². The van der Waals surface area contributed by atoms with Crippen molar-refractivity contribution in [1.29, 1.82) is 0 Å². The van der Waals surface area contributed by atoms with Gasteiger partial charge in [-0.1, -0.05) is 50.7 Å². The third-order valence-corrected chi connectivity index (χ3v) is 8.16. The number of H-pyrrole nitrogens is 1. The maximum absolute atomic E-state index is 13.8. The van der Waals surface area contributed by atoms with Crippen molar-refractivity contribution in [3.05, 3.63) is 53.6 Å². The molecule has 2 aliphatic rings. The molecule has 1 unspecified atom stereocenters. The Morgan fingerprint density at radius 3 is 2.25 bits per heavy atom. The van der Waals surface area contributed by atoms with Crippen molar-refractivity contribution in [3.63, 3.8) is 0 Å². The van der Waals surface area contributed by atoms with Crippen LogP contribution in [0, 0.1) is 31.6 Å². The Morgan fingerprint density at radius 2 is 1.72 bits per heavy atom. The molecule has 3 N–H and O–H groups in total. The number of rotatable bonds is 9. The Labute approximate surface area is 212 Å². The van der Waals surface area contributed by atoms with Crippen LogP contribution >= 0.6 is 0 Å². The van der Waals surface area contributed by atoms with Crippen LogP contribution in [-0.2, 0) is 11.3 Å². The fraction of sp³-hybridized carbons (Fsp3) is 0.500. The first-order chi connectivity index (χ1) is 17.5. The topological polar surface area (TPSA) is 105 Å². The summed E-state index contributed by atoms with van der Waals surface area (Å²) in [7, 11) is 0. The van der Waals surface area contributed by atoms with Gasteiger partial charge in [-0.2, -0.15) is 10.2 Å². The molecule has 2 amide bonds. The maximum Gasteiger partial charge on any atom is 0.270 e. The predicted molar refractivity (Wildman–Crippen MR) is 139 cm³/mol. The van der Waals surface area contributed by atoms with Gasteiger partial charge in [-0.25, -0.2) is 0 Å². The summed E-state index contributed by atoms with van der Waals surface area (Å²) >= 11 is 0. The number of hydrogen-bond donors (Lipinski definition) is 3. The van der Waals surface area contributed by atoms with Gasteiger partial charge in [-0.15, -0.1) is 0 Å². The van der Waals surface area contributed by atoms with Crippen molar-refractivity contribution in [2.75, 3.05) is 5.32 Å². The minimum Gasteiger partial charge on any atom is -0.339 e. The van der Waals surface area contributed by atoms with Gasteiger partial charge >= 0.3 is 0 Å². The molecule has 8 heteroatoms. The summed E-state index contributed by atoms with van der Waals surface area (Å²) in [6, 6.07) is 8.99. The molecule has 2 aliphatic carbocycles. The van der Waals surface area contributed by atoms with Crippen LogP contribution in [0.2, 0.25) is 0 Å². The van der Waals surface area contributed by atoms with Crippen LogP contribution in [-0.4, -0.2) is 37.8 Å². The predicted octanol–water partition coefficient (Wildman–Crippen LogP) is 4.86. The molecule has 0 radical (unpaired) electrons. The van der Waals surface area contributed by atoms with Crippen molar-refractivity contribution in [2.45, 2.75) is 71.9 Å². The second-order valence-electron chi connectivity index (χ2n) is 10.3. The van der Waals surface area contributed by atoms with Crippen LogP contribution in [0.3, 0.4) is 0 Å². The summed E-state index contributed by atoms with van der Waals surface area (Å²) in [6.45, 7) is 6.54. The fourth-order valence-electron chi connectivity index (χ4n) is 5.82. The van der Waals surface area contributed by atoms with Gasteiger partial charge in [0.2, 0.25) is 5.91 Å². The molecule has 190 valence electrons. The molecule has 2 saturated carbocycles. The lowest BCUT2D eigenvalue weighted by Crippen LogP contribution is -2.54. The minimum absolute atomic E-state index is 0.141. The van der Waals surface area contributed by atoms with Gasteiger partial charge in [0.15, 0.2) is 0 Å². The molecule has 0 spiro atoms. The summed E-state index contributed by atoms with van der Waals surface area (Å²) in [5, 5.41) is 17.8. The molecule has 2 fully saturated rings. The SMILES string of the molecule is CCn1nccc1C(=O)NC(C(=O)Nc1ccc(-c2c(C)n[nH]c2C)cc1)C(C1CCC1)C1CCC1. The number of nitrogens with zero attached hydrogens (tertiary/aromatic N) is 3. The van der Waals surface area contributed by atoms with Gasteiger partial charge in [0.25, 0.3) is 5.91 Å². The first-order valence-corrected chi connectivity index (χ1v) is 13.2. The second kappa shape index (κ2) is 10.3. The standard InChI is InChI=1S/C28H36N6O2/c1-4-34-23(15-16-29-34)27(35)31-26(25(19-7-5-8-19)20-9-6-10-20)28(36)30-22-13-11-21(12-14-22)24-17(2)32-33-18(24)3/h11-16,19-20,25-26H,4-10H2,1-3H3,(H,30,36)(H,31,35)(H,32,33). The first kappa shape index (κ1) is 24.3. The number of carbonyl (C=O) groups excluding carboxylic acids is 2. The zero-order valence-corrected chi connectivity index (χ0v) is 21.4. The third kappa shape index (κ3) is 4.68. The molecule has 0 aliphatic heterocycles. The summed E-state index contributed by atoms with van der Waals surface area (Å²) in [5.74, 6) is 0.746. The van der Waals surface area contributed by atoms with Gasteiger partial charge < -0.3 is 10.6 Å². The Hall–Kier alpha value is -3.42. The van der Waals surface area contributed by atoms with E-state index in [1.807, 2.05) is 45.0 Å². The first-order valence-electron chi connectivity index (χ1n) is 13.2. The third-order valence-electron chi connectivity index (χ3n) is 8.16. The molecule has 1 aromatic carbocycles. The molecule has 0 bridgehead atoms. The zero-order chi connectivity index (χ0) is 25.2. The average molecular weight is 489 g/mol. The minimum atomic E-state index is -0.577. The highest BCUT2D eigenvalue weighted by atomic mass is 16.2. The van der Waals surface area contributed by atoms with Crippen LogP contribution in [0.4, 0.5) is 5.69 Å². The van der Waals surface area contributed by atoms with Crippen molar-refractivity contribution < 1.29 is 9.59 Å². The van der Waals surface area contributed by atoms with E-state index < -0.39 is 6.04 Å². The average Bonchev–Trinajstić information content (AvgIpc) is 3.41. The number of aryl methyl sites for hydroxylation is 3. The Bertz CT molecular complexity index is 1190. The van der Waals surface area contributed by atoms with Crippen LogP contribution < -0.4 is 10.6 Å². The number of nitrogens with one attached hydrogen (secondary N) is 3. The zero-order valence-electron chi connectivity index (χ0n) is 21.4. The fourth-order valence-corrected chi connectivity index (χ4v) is 5.82. The highest BCUT2D eigenvalue weighted by molar-refractivity contribution is 6.00. The highest BCUT2D eigenvalue weighted by Gasteiger charge is 2.44. The lowest BCUT2D eigenvalue weighted by molar-refractivity contribution is -0.121. The number of amides is 2. The van der Waals surface area contributed by atoms with Crippen molar-refractivity contribution >= 4 is 17.5 Å². The van der Waals surface area contributed by atoms with Crippen molar-refractivity contribution in [1.82, 2.24) is 25.3 Å². The number of anilines is 1. The van der Waals surface area contributed by atoms with E-state index in [9.17, 15) is 9.59 Å². The van der Waals surface area contributed by atoms with E-state index in [2.05, 4.69) is 25.9 Å². The molecule has 0 saturated heterocycles. The molecule has 2 aromatic heterocycles. The summed E-state index contributed by atoms with van der Waals surface area (Å²) in [6.07, 6.45) is 8.56. The molecule has 2 heterocycles.